The third kappa shape index (κ3) is 5.23. The number of sulfonamides is 1. The Labute approximate surface area is 161 Å². The second-order valence-electron chi connectivity index (χ2n) is 6.36. The smallest absolute Gasteiger partial charge is 0.246 e. The van der Waals surface area contributed by atoms with Crippen molar-refractivity contribution in [3.63, 3.8) is 0 Å². The van der Waals surface area contributed by atoms with Crippen LogP contribution in [0.3, 0.4) is 0 Å². The summed E-state index contributed by atoms with van der Waals surface area (Å²) in [5, 5.41) is 0. The van der Waals surface area contributed by atoms with Gasteiger partial charge in [0.1, 0.15) is 11.8 Å². The van der Waals surface area contributed by atoms with E-state index in [0.29, 0.717) is 24.4 Å². The second-order valence-corrected chi connectivity index (χ2v) is 8.22. The zero-order chi connectivity index (χ0) is 20.0. The molecule has 0 aliphatic carbocycles. The fraction of sp³-hybridized carbons (Fsp3) is 0.350. The Morgan fingerprint density at radius 3 is 2.33 bits per heavy atom. The summed E-state index contributed by atoms with van der Waals surface area (Å²) in [6.07, 6.45) is 1.46. The average molecular weight is 391 g/mol. The van der Waals surface area contributed by atoms with Gasteiger partial charge >= 0.3 is 0 Å². The Morgan fingerprint density at radius 1 is 1.11 bits per heavy atom. The molecule has 1 amide bonds. The maximum atomic E-state index is 13.1. The lowest BCUT2D eigenvalue weighted by Gasteiger charge is -2.33. The Balaban J connectivity index is 2.35. The molecular formula is C20H26N2O4S. The summed E-state index contributed by atoms with van der Waals surface area (Å²) in [5.74, 6) is 0.274. The monoisotopic (exact) mass is 390 g/mol. The van der Waals surface area contributed by atoms with E-state index in [-0.39, 0.29) is 5.91 Å². The standard InChI is InChI=1S/C20H26N2O4S/c1-5-19(20(23)21(2)15-16-10-7-6-8-11-16)22(27(4,24)25)17-12-9-13-18(14-17)26-3/h6-14,19H,5,15H2,1-4H3. The van der Waals surface area contributed by atoms with Crippen LogP contribution in [0.25, 0.3) is 0 Å². The molecule has 0 aliphatic rings. The first-order valence-corrected chi connectivity index (χ1v) is 10.5. The molecule has 146 valence electrons. The maximum absolute atomic E-state index is 13.1. The van der Waals surface area contributed by atoms with E-state index in [1.807, 2.05) is 30.3 Å². The van der Waals surface area contributed by atoms with Gasteiger partial charge in [0.25, 0.3) is 0 Å². The zero-order valence-corrected chi connectivity index (χ0v) is 16.9. The molecule has 27 heavy (non-hydrogen) atoms. The van der Waals surface area contributed by atoms with Crippen LogP contribution in [0.4, 0.5) is 5.69 Å². The number of anilines is 1. The minimum Gasteiger partial charge on any atom is -0.497 e. The highest BCUT2D eigenvalue weighted by Gasteiger charge is 2.33. The highest BCUT2D eigenvalue weighted by molar-refractivity contribution is 7.92. The summed E-state index contributed by atoms with van der Waals surface area (Å²) in [6.45, 7) is 2.21. The number of methoxy groups -OCH3 is 1. The van der Waals surface area contributed by atoms with Crippen LogP contribution in [-0.4, -0.2) is 45.7 Å². The molecule has 2 aromatic carbocycles. The van der Waals surface area contributed by atoms with Crippen molar-refractivity contribution in [1.82, 2.24) is 4.90 Å². The summed E-state index contributed by atoms with van der Waals surface area (Å²) >= 11 is 0. The number of hydrogen-bond acceptors (Lipinski definition) is 4. The lowest BCUT2D eigenvalue weighted by molar-refractivity contribution is -0.131. The van der Waals surface area contributed by atoms with Crippen molar-refractivity contribution in [3.05, 3.63) is 60.2 Å². The highest BCUT2D eigenvalue weighted by Crippen LogP contribution is 2.27. The number of ether oxygens (including phenoxy) is 1. The maximum Gasteiger partial charge on any atom is 0.246 e. The minimum atomic E-state index is -3.68. The highest BCUT2D eigenvalue weighted by atomic mass is 32.2. The normalized spacial score (nSPS) is 12.3. The molecule has 0 aromatic heterocycles. The van der Waals surface area contributed by atoms with Crippen molar-refractivity contribution in [2.24, 2.45) is 0 Å². The Bertz CT molecular complexity index is 869. The molecule has 0 fully saturated rings. The van der Waals surface area contributed by atoms with Gasteiger partial charge in [-0.2, -0.15) is 0 Å². The molecule has 6 nitrogen and oxygen atoms in total. The summed E-state index contributed by atoms with van der Waals surface area (Å²) < 4.78 is 31.4. The topological polar surface area (TPSA) is 66.9 Å². The van der Waals surface area contributed by atoms with E-state index in [4.69, 9.17) is 4.74 Å². The number of carbonyl (C=O) groups is 1. The Kier molecular flexibility index (Phi) is 6.85. The molecule has 0 spiro atoms. The molecule has 1 atom stereocenters. The fourth-order valence-corrected chi connectivity index (χ4v) is 4.18. The number of rotatable bonds is 8. The van der Waals surface area contributed by atoms with E-state index in [2.05, 4.69) is 0 Å². The third-order valence-electron chi connectivity index (χ3n) is 4.26. The van der Waals surface area contributed by atoms with Crippen LogP contribution in [0, 0.1) is 0 Å². The first kappa shape index (κ1) is 20.8. The average Bonchev–Trinajstić information content (AvgIpc) is 2.65. The van der Waals surface area contributed by atoms with Gasteiger partial charge in [-0.05, 0) is 24.1 Å². The molecule has 7 heteroatoms. The molecule has 0 bridgehead atoms. The summed E-state index contributed by atoms with van der Waals surface area (Å²) in [6, 6.07) is 15.5. The molecule has 0 radical (unpaired) electrons. The van der Waals surface area contributed by atoms with Crippen LogP contribution >= 0.6 is 0 Å². The van der Waals surface area contributed by atoms with E-state index in [1.165, 1.54) is 11.4 Å². The van der Waals surface area contributed by atoms with Crippen molar-refractivity contribution < 1.29 is 17.9 Å². The fourth-order valence-electron chi connectivity index (χ4n) is 2.98. The van der Waals surface area contributed by atoms with Crippen LogP contribution in [0.5, 0.6) is 5.75 Å². The largest absolute Gasteiger partial charge is 0.497 e. The lowest BCUT2D eigenvalue weighted by Crippen LogP contribution is -2.49. The number of likely N-dealkylation sites (N-methyl/N-ethyl adjacent to an activating group) is 1. The molecule has 0 heterocycles. The third-order valence-corrected chi connectivity index (χ3v) is 5.44. The van der Waals surface area contributed by atoms with E-state index in [9.17, 15) is 13.2 Å². The van der Waals surface area contributed by atoms with Crippen LogP contribution < -0.4 is 9.04 Å². The van der Waals surface area contributed by atoms with Crippen molar-refractivity contribution >= 4 is 21.6 Å². The first-order chi connectivity index (χ1) is 12.8. The number of nitrogens with zero attached hydrogens (tertiary/aromatic N) is 2. The predicted molar refractivity (Wildman–Crippen MR) is 107 cm³/mol. The molecule has 0 saturated carbocycles. The van der Waals surface area contributed by atoms with Gasteiger partial charge in [0.05, 0.1) is 19.1 Å². The Hall–Kier alpha value is -2.54. The van der Waals surface area contributed by atoms with E-state index < -0.39 is 16.1 Å². The van der Waals surface area contributed by atoms with Crippen LogP contribution in [0.15, 0.2) is 54.6 Å². The van der Waals surface area contributed by atoms with Gasteiger partial charge in [-0.15, -0.1) is 0 Å². The lowest BCUT2D eigenvalue weighted by atomic mass is 10.1. The van der Waals surface area contributed by atoms with E-state index in [0.717, 1.165) is 11.8 Å². The molecule has 0 saturated heterocycles. The molecular weight excluding hydrogens is 364 g/mol. The van der Waals surface area contributed by atoms with Gasteiger partial charge in [-0.3, -0.25) is 9.10 Å². The Morgan fingerprint density at radius 2 is 1.78 bits per heavy atom. The van der Waals surface area contributed by atoms with Gasteiger partial charge in [-0.1, -0.05) is 43.3 Å². The molecule has 0 N–H and O–H groups in total. The van der Waals surface area contributed by atoms with Crippen molar-refractivity contribution in [1.29, 1.82) is 0 Å². The molecule has 1 unspecified atom stereocenters. The zero-order valence-electron chi connectivity index (χ0n) is 16.1. The molecule has 2 aromatic rings. The van der Waals surface area contributed by atoms with Gasteiger partial charge < -0.3 is 9.64 Å². The number of carbonyl (C=O) groups excluding carboxylic acids is 1. The van der Waals surface area contributed by atoms with Crippen molar-refractivity contribution in [2.75, 3.05) is 24.7 Å². The summed E-state index contributed by atoms with van der Waals surface area (Å²) in [5.41, 5.74) is 1.39. The van der Waals surface area contributed by atoms with Gasteiger partial charge in [0.2, 0.25) is 15.9 Å². The number of hydrogen-bond donors (Lipinski definition) is 0. The molecule has 2 rings (SSSR count). The van der Waals surface area contributed by atoms with Gasteiger partial charge in [0.15, 0.2) is 0 Å². The number of benzene rings is 2. The van der Waals surface area contributed by atoms with Crippen LogP contribution in [0.2, 0.25) is 0 Å². The van der Waals surface area contributed by atoms with E-state index in [1.54, 1.807) is 43.1 Å². The molecule has 0 aliphatic heterocycles. The first-order valence-electron chi connectivity index (χ1n) is 8.70. The minimum absolute atomic E-state index is 0.255. The SMILES string of the molecule is CCC(C(=O)N(C)Cc1ccccc1)N(c1cccc(OC)c1)S(C)(=O)=O. The van der Waals surface area contributed by atoms with E-state index >= 15 is 0 Å². The number of amides is 1. The van der Waals surface area contributed by atoms with Crippen LogP contribution in [0.1, 0.15) is 18.9 Å². The second kappa shape index (κ2) is 8.90. The van der Waals surface area contributed by atoms with Crippen molar-refractivity contribution in [3.8, 4) is 5.75 Å². The van der Waals surface area contributed by atoms with Crippen molar-refractivity contribution in [2.45, 2.75) is 25.9 Å². The summed E-state index contributed by atoms with van der Waals surface area (Å²) in [4.78, 5) is 14.6. The van der Waals surface area contributed by atoms with Gasteiger partial charge in [-0.25, -0.2) is 8.42 Å². The predicted octanol–water partition coefficient (Wildman–Crippen LogP) is 2.90. The van der Waals surface area contributed by atoms with Crippen LogP contribution in [-0.2, 0) is 21.4 Å². The quantitative estimate of drug-likeness (QED) is 0.695. The van der Waals surface area contributed by atoms with Gasteiger partial charge in [0, 0.05) is 19.7 Å². The summed E-state index contributed by atoms with van der Waals surface area (Å²) in [7, 11) is -0.477.